The van der Waals surface area contributed by atoms with E-state index in [-0.39, 0.29) is 0 Å². The Bertz CT molecular complexity index is 310. The first-order valence-electron chi connectivity index (χ1n) is 8.53. The van der Waals surface area contributed by atoms with Crippen molar-refractivity contribution in [3.05, 3.63) is 0 Å². The van der Waals surface area contributed by atoms with E-state index >= 15 is 0 Å². The Morgan fingerprint density at radius 3 is 1.70 bits per heavy atom. The molecule has 0 saturated carbocycles. The average molecular weight is 329 g/mol. The van der Waals surface area contributed by atoms with E-state index in [1.165, 1.54) is 0 Å². The molecule has 0 unspecified atom stereocenters. The van der Waals surface area contributed by atoms with E-state index in [4.69, 9.17) is 18.9 Å². The Labute approximate surface area is 142 Å². The Kier molecular flexibility index (Phi) is 15.8. The third-order valence-electron chi connectivity index (χ3n) is 3.15. The zero-order valence-electron chi connectivity index (χ0n) is 15.6. The summed E-state index contributed by atoms with van der Waals surface area (Å²) >= 11 is 0. The van der Waals surface area contributed by atoms with Crippen LogP contribution in [0.2, 0.25) is 0 Å². The van der Waals surface area contributed by atoms with Gasteiger partial charge < -0.3 is 23.8 Å². The van der Waals surface area contributed by atoms with Crippen molar-refractivity contribution in [2.24, 2.45) is 5.92 Å². The summed E-state index contributed by atoms with van der Waals surface area (Å²) in [6.45, 7) is 14.2. The second-order valence-electron chi connectivity index (χ2n) is 5.94. The number of nitrogens with zero attached hydrogens (tertiary/aromatic N) is 1. The molecule has 0 radical (unpaired) electrons. The van der Waals surface area contributed by atoms with Crippen LogP contribution < -0.4 is 0 Å². The van der Waals surface area contributed by atoms with E-state index in [0.29, 0.717) is 58.2 Å². The lowest BCUT2D eigenvalue weighted by Gasteiger charge is -2.20. The molecule has 0 fully saturated rings. The molecule has 0 saturated heterocycles. The van der Waals surface area contributed by atoms with Crippen molar-refractivity contribution in [3.8, 4) is 11.8 Å². The smallest absolute Gasteiger partial charge is 0.107 e. The molecule has 0 amide bonds. The lowest BCUT2D eigenvalue weighted by Crippen LogP contribution is -2.30. The number of hydrogen-bond donors (Lipinski definition) is 0. The first-order chi connectivity index (χ1) is 11.0. The second kappa shape index (κ2) is 16.2. The van der Waals surface area contributed by atoms with Crippen molar-refractivity contribution in [3.63, 3.8) is 0 Å². The van der Waals surface area contributed by atoms with E-state index in [1.807, 2.05) is 0 Å². The summed E-state index contributed by atoms with van der Waals surface area (Å²) in [5, 5.41) is 0. The highest BCUT2D eigenvalue weighted by molar-refractivity contribution is 5.01. The van der Waals surface area contributed by atoms with Crippen LogP contribution in [0.3, 0.4) is 0 Å². The van der Waals surface area contributed by atoms with Crippen molar-refractivity contribution in [1.29, 1.82) is 0 Å². The Morgan fingerprint density at radius 1 is 0.739 bits per heavy atom. The lowest BCUT2D eigenvalue weighted by molar-refractivity contribution is -0.00110. The second-order valence-corrected chi connectivity index (χ2v) is 5.94. The number of ether oxygens (including phenoxy) is 4. The maximum Gasteiger partial charge on any atom is 0.107 e. The quantitative estimate of drug-likeness (QED) is 0.360. The van der Waals surface area contributed by atoms with Gasteiger partial charge in [-0.25, -0.2) is 0 Å². The van der Waals surface area contributed by atoms with Gasteiger partial charge in [0.2, 0.25) is 0 Å². The molecule has 0 spiro atoms. The Morgan fingerprint density at radius 2 is 1.22 bits per heavy atom. The van der Waals surface area contributed by atoms with Crippen LogP contribution >= 0.6 is 0 Å². The summed E-state index contributed by atoms with van der Waals surface area (Å²) in [6, 6.07) is 0.554. The number of likely N-dealkylation sites (N-methyl/N-ethyl adjacent to an activating group) is 1. The fourth-order valence-electron chi connectivity index (χ4n) is 1.50. The highest BCUT2D eigenvalue weighted by Crippen LogP contribution is 1.92. The normalized spacial score (nSPS) is 11.3. The molecular weight excluding hydrogens is 294 g/mol. The highest BCUT2D eigenvalue weighted by Gasteiger charge is 2.01. The monoisotopic (exact) mass is 329 g/mol. The van der Waals surface area contributed by atoms with E-state index in [0.717, 1.165) is 13.2 Å². The van der Waals surface area contributed by atoms with Gasteiger partial charge in [-0.1, -0.05) is 25.7 Å². The van der Waals surface area contributed by atoms with Crippen LogP contribution in [-0.4, -0.2) is 77.4 Å². The van der Waals surface area contributed by atoms with Crippen molar-refractivity contribution in [1.82, 2.24) is 4.90 Å². The van der Waals surface area contributed by atoms with Crippen LogP contribution in [0.25, 0.3) is 0 Å². The van der Waals surface area contributed by atoms with Crippen LogP contribution in [0.1, 0.15) is 27.7 Å². The number of rotatable bonds is 14. The standard InChI is InChI=1S/C18H35NO4/c1-17(2)7-6-9-20-11-13-22-15-16-23-14-12-21-10-8-19(5)18(3)4/h17-18H,8-16H2,1-5H3. The topological polar surface area (TPSA) is 40.2 Å². The van der Waals surface area contributed by atoms with Crippen molar-refractivity contribution in [2.45, 2.75) is 33.7 Å². The molecular formula is C18H35NO4. The van der Waals surface area contributed by atoms with E-state index in [9.17, 15) is 0 Å². The average Bonchev–Trinajstić information content (AvgIpc) is 2.50. The first-order valence-corrected chi connectivity index (χ1v) is 8.53. The van der Waals surface area contributed by atoms with Crippen LogP contribution in [0, 0.1) is 17.8 Å². The SMILES string of the molecule is CC(C)C#CCOCCOCCOCCOCCN(C)C(C)C. The van der Waals surface area contributed by atoms with Gasteiger partial charge in [0.05, 0.1) is 46.2 Å². The molecule has 5 heteroatoms. The summed E-state index contributed by atoms with van der Waals surface area (Å²) in [4.78, 5) is 2.26. The minimum absolute atomic E-state index is 0.395. The molecule has 136 valence electrons. The molecule has 0 aromatic rings. The minimum Gasteiger partial charge on any atom is -0.378 e. The van der Waals surface area contributed by atoms with E-state index < -0.39 is 0 Å². The van der Waals surface area contributed by atoms with Crippen molar-refractivity contribution < 1.29 is 18.9 Å². The molecule has 0 rings (SSSR count). The molecule has 0 aliphatic carbocycles. The molecule has 0 aliphatic rings. The zero-order valence-corrected chi connectivity index (χ0v) is 15.6. The number of hydrogen-bond acceptors (Lipinski definition) is 5. The van der Waals surface area contributed by atoms with E-state index in [2.05, 4.69) is 51.5 Å². The Hall–Kier alpha value is -0.640. The molecule has 0 heterocycles. The van der Waals surface area contributed by atoms with Gasteiger partial charge in [-0.05, 0) is 20.9 Å². The highest BCUT2D eigenvalue weighted by atomic mass is 16.6. The summed E-state index contributed by atoms with van der Waals surface area (Å²) in [5.74, 6) is 6.41. The van der Waals surface area contributed by atoms with Gasteiger partial charge in [-0.15, -0.1) is 0 Å². The third-order valence-corrected chi connectivity index (χ3v) is 3.15. The maximum atomic E-state index is 5.51. The molecule has 0 N–H and O–H groups in total. The summed E-state index contributed by atoms with van der Waals surface area (Å²) in [7, 11) is 2.10. The fraction of sp³-hybridized carbons (Fsp3) is 0.889. The summed E-state index contributed by atoms with van der Waals surface area (Å²) in [5.41, 5.74) is 0. The first kappa shape index (κ1) is 22.4. The predicted octanol–water partition coefficient (Wildman–Crippen LogP) is 2.05. The van der Waals surface area contributed by atoms with Crippen LogP contribution in [0.4, 0.5) is 0 Å². The largest absolute Gasteiger partial charge is 0.378 e. The van der Waals surface area contributed by atoms with Gasteiger partial charge in [-0.3, -0.25) is 0 Å². The van der Waals surface area contributed by atoms with Gasteiger partial charge in [0.25, 0.3) is 0 Å². The fourth-order valence-corrected chi connectivity index (χ4v) is 1.50. The van der Waals surface area contributed by atoms with Gasteiger partial charge in [0.1, 0.15) is 6.61 Å². The molecule has 0 aliphatic heterocycles. The molecule has 23 heavy (non-hydrogen) atoms. The van der Waals surface area contributed by atoms with Gasteiger partial charge >= 0.3 is 0 Å². The van der Waals surface area contributed by atoms with Crippen LogP contribution in [-0.2, 0) is 18.9 Å². The Balaban J connectivity index is 3.13. The van der Waals surface area contributed by atoms with Crippen LogP contribution in [0.5, 0.6) is 0 Å². The predicted molar refractivity (Wildman–Crippen MR) is 93.7 cm³/mol. The zero-order chi connectivity index (χ0) is 17.3. The maximum absolute atomic E-state index is 5.51. The van der Waals surface area contributed by atoms with Crippen LogP contribution in [0.15, 0.2) is 0 Å². The van der Waals surface area contributed by atoms with Crippen molar-refractivity contribution >= 4 is 0 Å². The van der Waals surface area contributed by atoms with Gasteiger partial charge in [0.15, 0.2) is 0 Å². The molecule has 0 aromatic heterocycles. The summed E-state index contributed by atoms with van der Waals surface area (Å²) in [6.07, 6.45) is 0. The molecule has 0 atom stereocenters. The van der Waals surface area contributed by atoms with E-state index in [1.54, 1.807) is 0 Å². The molecule has 0 aromatic carbocycles. The molecule has 5 nitrogen and oxygen atoms in total. The molecule has 0 bridgehead atoms. The van der Waals surface area contributed by atoms with Gasteiger partial charge in [-0.2, -0.15) is 0 Å². The minimum atomic E-state index is 0.395. The summed E-state index contributed by atoms with van der Waals surface area (Å²) < 4.78 is 21.7. The lowest BCUT2D eigenvalue weighted by atomic mass is 10.2. The third kappa shape index (κ3) is 17.5. The van der Waals surface area contributed by atoms with Crippen molar-refractivity contribution in [2.75, 3.05) is 66.4 Å². The van der Waals surface area contributed by atoms with Gasteiger partial charge in [0, 0.05) is 18.5 Å².